The van der Waals surface area contributed by atoms with Crippen LogP contribution in [0, 0.1) is 5.82 Å². The van der Waals surface area contributed by atoms with Gasteiger partial charge >= 0.3 is 0 Å². The zero-order chi connectivity index (χ0) is 16.2. The molecule has 1 fully saturated rings. The Morgan fingerprint density at radius 2 is 2.13 bits per heavy atom. The van der Waals surface area contributed by atoms with Crippen LogP contribution in [0.4, 0.5) is 4.39 Å². The standard InChI is InChI=1S/C18H20FN3O/c19-14-4-1-3-12(9-14)17-8-7-13(11-21-17)18(23)22-16-6-2-5-15(20)10-16/h1,3-4,7-9,11,15-16H,2,5-6,10,20H2,(H,22,23)/t15-,16-/m1/s1. The van der Waals surface area contributed by atoms with Crippen LogP contribution in [0.3, 0.4) is 0 Å². The lowest BCUT2D eigenvalue weighted by atomic mass is 9.91. The molecule has 0 radical (unpaired) electrons. The Bertz CT molecular complexity index is 687. The van der Waals surface area contributed by atoms with Crippen LogP contribution in [0.2, 0.25) is 0 Å². The van der Waals surface area contributed by atoms with E-state index in [0.29, 0.717) is 16.8 Å². The molecular weight excluding hydrogens is 293 g/mol. The number of hydrogen-bond donors (Lipinski definition) is 2. The molecule has 0 bridgehead atoms. The lowest BCUT2D eigenvalue weighted by molar-refractivity contribution is 0.0925. The van der Waals surface area contributed by atoms with Crippen LogP contribution >= 0.6 is 0 Å². The average molecular weight is 313 g/mol. The Morgan fingerprint density at radius 1 is 1.26 bits per heavy atom. The van der Waals surface area contributed by atoms with E-state index >= 15 is 0 Å². The van der Waals surface area contributed by atoms with E-state index in [1.807, 2.05) is 0 Å². The van der Waals surface area contributed by atoms with E-state index in [1.54, 1.807) is 24.3 Å². The van der Waals surface area contributed by atoms with Gasteiger partial charge in [0.2, 0.25) is 0 Å². The number of amides is 1. The van der Waals surface area contributed by atoms with E-state index in [-0.39, 0.29) is 23.8 Å². The number of pyridine rings is 1. The van der Waals surface area contributed by atoms with Crippen molar-refractivity contribution >= 4 is 5.91 Å². The summed E-state index contributed by atoms with van der Waals surface area (Å²) in [6, 6.07) is 9.98. The van der Waals surface area contributed by atoms with Crippen molar-refractivity contribution in [3.8, 4) is 11.3 Å². The minimum atomic E-state index is -0.306. The summed E-state index contributed by atoms with van der Waals surface area (Å²) in [7, 11) is 0. The van der Waals surface area contributed by atoms with Gasteiger partial charge in [-0.3, -0.25) is 9.78 Å². The van der Waals surface area contributed by atoms with Crippen LogP contribution in [0.15, 0.2) is 42.6 Å². The number of nitrogens with zero attached hydrogens (tertiary/aromatic N) is 1. The third kappa shape index (κ3) is 3.93. The van der Waals surface area contributed by atoms with Crippen molar-refractivity contribution in [2.75, 3.05) is 0 Å². The number of benzene rings is 1. The smallest absolute Gasteiger partial charge is 0.253 e. The molecule has 1 aliphatic carbocycles. The van der Waals surface area contributed by atoms with Crippen LogP contribution in [0.5, 0.6) is 0 Å². The number of nitrogens with one attached hydrogen (secondary N) is 1. The molecular formula is C18H20FN3O. The van der Waals surface area contributed by atoms with Gasteiger partial charge in [-0.25, -0.2) is 4.39 Å². The third-order valence-electron chi connectivity index (χ3n) is 4.20. The molecule has 23 heavy (non-hydrogen) atoms. The molecule has 1 aliphatic rings. The fourth-order valence-corrected chi connectivity index (χ4v) is 2.97. The van der Waals surface area contributed by atoms with Gasteiger partial charge in [-0.2, -0.15) is 0 Å². The van der Waals surface area contributed by atoms with Crippen molar-refractivity contribution in [1.82, 2.24) is 10.3 Å². The van der Waals surface area contributed by atoms with Gasteiger partial charge in [-0.1, -0.05) is 12.1 Å². The van der Waals surface area contributed by atoms with Crippen molar-refractivity contribution in [3.05, 3.63) is 54.0 Å². The topological polar surface area (TPSA) is 68.0 Å². The van der Waals surface area contributed by atoms with Gasteiger partial charge in [0.1, 0.15) is 5.82 Å². The first-order chi connectivity index (χ1) is 11.1. The van der Waals surface area contributed by atoms with Gasteiger partial charge in [0.15, 0.2) is 0 Å². The van der Waals surface area contributed by atoms with Crippen LogP contribution in [-0.4, -0.2) is 23.0 Å². The number of hydrogen-bond acceptors (Lipinski definition) is 3. The van der Waals surface area contributed by atoms with Crippen molar-refractivity contribution in [1.29, 1.82) is 0 Å². The fraction of sp³-hybridized carbons (Fsp3) is 0.333. The van der Waals surface area contributed by atoms with Gasteiger partial charge in [0.05, 0.1) is 11.3 Å². The number of halogens is 1. The summed E-state index contributed by atoms with van der Waals surface area (Å²) in [6.45, 7) is 0. The minimum Gasteiger partial charge on any atom is -0.349 e. The van der Waals surface area contributed by atoms with E-state index in [4.69, 9.17) is 5.73 Å². The molecule has 0 unspecified atom stereocenters. The highest BCUT2D eigenvalue weighted by Crippen LogP contribution is 2.19. The summed E-state index contributed by atoms with van der Waals surface area (Å²) in [5.41, 5.74) is 7.78. The second-order valence-corrected chi connectivity index (χ2v) is 6.04. The molecule has 2 aromatic rings. The monoisotopic (exact) mass is 313 g/mol. The lowest BCUT2D eigenvalue weighted by Gasteiger charge is -2.27. The molecule has 0 spiro atoms. The number of nitrogens with two attached hydrogens (primary N) is 1. The molecule has 3 rings (SSSR count). The number of carbonyl (C=O) groups excluding carboxylic acids is 1. The second kappa shape index (κ2) is 6.87. The lowest BCUT2D eigenvalue weighted by Crippen LogP contribution is -2.42. The third-order valence-corrected chi connectivity index (χ3v) is 4.20. The SMILES string of the molecule is N[C@@H]1CCC[C@@H](NC(=O)c2ccc(-c3cccc(F)c3)nc2)C1. The van der Waals surface area contributed by atoms with Gasteiger partial charge in [-0.05, 0) is 49.9 Å². The summed E-state index contributed by atoms with van der Waals surface area (Å²) in [6.07, 6.45) is 5.38. The predicted molar refractivity (Wildman–Crippen MR) is 87.3 cm³/mol. The van der Waals surface area contributed by atoms with Crippen molar-refractivity contribution in [3.63, 3.8) is 0 Å². The van der Waals surface area contributed by atoms with E-state index in [9.17, 15) is 9.18 Å². The fourth-order valence-electron chi connectivity index (χ4n) is 2.97. The molecule has 0 aliphatic heterocycles. The maximum Gasteiger partial charge on any atom is 0.253 e. The number of rotatable bonds is 3. The number of aromatic nitrogens is 1. The average Bonchev–Trinajstić information content (AvgIpc) is 2.55. The highest BCUT2D eigenvalue weighted by Gasteiger charge is 2.21. The summed E-state index contributed by atoms with van der Waals surface area (Å²) in [4.78, 5) is 16.5. The molecule has 1 aromatic carbocycles. The van der Waals surface area contributed by atoms with Gasteiger partial charge < -0.3 is 11.1 Å². The first-order valence-corrected chi connectivity index (χ1v) is 7.90. The normalized spacial score (nSPS) is 21.0. The van der Waals surface area contributed by atoms with Crippen LogP contribution in [0.25, 0.3) is 11.3 Å². The molecule has 1 heterocycles. The van der Waals surface area contributed by atoms with Gasteiger partial charge in [0, 0.05) is 23.8 Å². The highest BCUT2D eigenvalue weighted by atomic mass is 19.1. The Kier molecular flexibility index (Phi) is 4.67. The zero-order valence-corrected chi connectivity index (χ0v) is 12.8. The first kappa shape index (κ1) is 15.6. The molecule has 120 valence electrons. The Balaban J connectivity index is 1.68. The van der Waals surface area contributed by atoms with Gasteiger partial charge in [-0.15, -0.1) is 0 Å². The van der Waals surface area contributed by atoms with Crippen LogP contribution in [0.1, 0.15) is 36.0 Å². The summed E-state index contributed by atoms with van der Waals surface area (Å²) in [5, 5.41) is 3.01. The quantitative estimate of drug-likeness (QED) is 0.915. The minimum absolute atomic E-state index is 0.133. The Morgan fingerprint density at radius 3 is 2.83 bits per heavy atom. The van der Waals surface area contributed by atoms with Crippen LogP contribution in [-0.2, 0) is 0 Å². The molecule has 1 saturated carbocycles. The van der Waals surface area contributed by atoms with Gasteiger partial charge in [0.25, 0.3) is 5.91 Å². The zero-order valence-electron chi connectivity index (χ0n) is 12.8. The largest absolute Gasteiger partial charge is 0.349 e. The molecule has 2 atom stereocenters. The molecule has 1 aromatic heterocycles. The first-order valence-electron chi connectivity index (χ1n) is 7.90. The summed E-state index contributed by atoms with van der Waals surface area (Å²) < 4.78 is 13.3. The van der Waals surface area contributed by atoms with Crippen molar-refractivity contribution < 1.29 is 9.18 Å². The molecule has 5 heteroatoms. The van der Waals surface area contributed by atoms with E-state index in [0.717, 1.165) is 25.7 Å². The van der Waals surface area contributed by atoms with Crippen molar-refractivity contribution in [2.45, 2.75) is 37.8 Å². The summed E-state index contributed by atoms with van der Waals surface area (Å²) >= 11 is 0. The van der Waals surface area contributed by atoms with E-state index < -0.39 is 0 Å². The van der Waals surface area contributed by atoms with E-state index in [1.165, 1.54) is 18.3 Å². The Labute approximate surface area is 134 Å². The number of carbonyl (C=O) groups is 1. The van der Waals surface area contributed by atoms with E-state index in [2.05, 4.69) is 10.3 Å². The predicted octanol–water partition coefficient (Wildman–Crippen LogP) is 2.89. The van der Waals surface area contributed by atoms with Crippen molar-refractivity contribution in [2.24, 2.45) is 5.73 Å². The molecule has 1 amide bonds. The molecule has 4 nitrogen and oxygen atoms in total. The summed E-state index contributed by atoms with van der Waals surface area (Å²) in [5.74, 6) is -0.442. The Hall–Kier alpha value is -2.27. The second-order valence-electron chi connectivity index (χ2n) is 6.04. The maximum atomic E-state index is 13.3. The maximum absolute atomic E-state index is 13.3. The van der Waals surface area contributed by atoms with Crippen LogP contribution < -0.4 is 11.1 Å². The molecule has 3 N–H and O–H groups in total. The molecule has 0 saturated heterocycles. The highest BCUT2D eigenvalue weighted by molar-refractivity contribution is 5.94.